The van der Waals surface area contributed by atoms with Crippen molar-refractivity contribution in [3.63, 3.8) is 0 Å². The first-order valence-electron chi connectivity index (χ1n) is 13.8. The van der Waals surface area contributed by atoms with Crippen LogP contribution in [0.4, 0.5) is 0 Å². The third kappa shape index (κ3) is 5.31. The molecule has 2 nitrogen and oxygen atoms in total. The van der Waals surface area contributed by atoms with Gasteiger partial charge in [0.25, 0.3) is 0 Å². The second-order valence-electron chi connectivity index (χ2n) is 10.4. The van der Waals surface area contributed by atoms with Crippen molar-refractivity contribution in [1.29, 1.82) is 0 Å². The van der Waals surface area contributed by atoms with Gasteiger partial charge in [-0.25, -0.2) is 0 Å². The summed E-state index contributed by atoms with van der Waals surface area (Å²) in [7, 11) is 0. The van der Waals surface area contributed by atoms with Gasteiger partial charge in [-0.2, -0.15) is 0 Å². The summed E-state index contributed by atoms with van der Waals surface area (Å²) in [6.07, 6.45) is 4.90. The lowest BCUT2D eigenvalue weighted by Gasteiger charge is -2.07. The first kappa shape index (κ1) is 27.0. The molecule has 0 amide bonds. The number of hydrogen-bond acceptors (Lipinski definition) is 0. The van der Waals surface area contributed by atoms with Crippen LogP contribution in [0, 0.1) is 13.8 Å². The summed E-state index contributed by atoms with van der Waals surface area (Å²) in [4.78, 5) is 0. The van der Waals surface area contributed by atoms with Crippen molar-refractivity contribution in [2.75, 3.05) is 0 Å². The Hall–Kier alpha value is -2.56. The normalized spacial score (nSPS) is 11.5. The molecule has 0 saturated carbocycles. The van der Waals surface area contributed by atoms with Crippen LogP contribution in [-0.4, -0.2) is 9.13 Å². The molecule has 196 valence electrons. The Balaban J connectivity index is 0.000000155. The number of unbranched alkanes of at least 4 members (excludes halogenated alkanes) is 2. The van der Waals surface area contributed by atoms with E-state index in [1.54, 1.807) is 0 Å². The fourth-order valence-corrected chi connectivity index (χ4v) is 6.19. The number of hydrogen-bond donors (Lipinski definition) is 0. The molecule has 0 unspecified atom stereocenters. The van der Waals surface area contributed by atoms with Gasteiger partial charge in [0.2, 0.25) is 0 Å². The zero-order chi connectivity index (χ0) is 26.8. The Morgan fingerprint density at radius 3 is 1.66 bits per heavy atom. The van der Waals surface area contributed by atoms with Crippen molar-refractivity contribution in [3.05, 3.63) is 92.9 Å². The Morgan fingerprint density at radius 2 is 0.974 bits per heavy atom. The Labute approximate surface area is 242 Å². The predicted molar refractivity (Wildman–Crippen MR) is 174 cm³/mol. The number of benzene rings is 4. The molecule has 4 aromatic carbocycles. The number of nitrogens with zero attached hydrogens (tertiary/aromatic N) is 2. The van der Waals surface area contributed by atoms with Crippen molar-refractivity contribution in [2.45, 2.75) is 66.5 Å². The van der Waals surface area contributed by atoms with Gasteiger partial charge in [0, 0.05) is 60.1 Å². The van der Waals surface area contributed by atoms with E-state index in [9.17, 15) is 0 Å². The molecule has 0 aliphatic heterocycles. The summed E-state index contributed by atoms with van der Waals surface area (Å²) in [5.74, 6) is 0. The van der Waals surface area contributed by atoms with Crippen molar-refractivity contribution in [1.82, 2.24) is 9.13 Å². The van der Waals surface area contributed by atoms with E-state index in [1.807, 2.05) is 0 Å². The zero-order valence-corrected chi connectivity index (χ0v) is 26.0. The van der Waals surface area contributed by atoms with E-state index in [1.165, 1.54) is 80.4 Å². The quantitative estimate of drug-likeness (QED) is 0.173. The average molecular weight is 632 g/mol. The van der Waals surface area contributed by atoms with Crippen LogP contribution >= 0.6 is 31.9 Å². The van der Waals surface area contributed by atoms with E-state index in [-0.39, 0.29) is 0 Å². The lowest BCUT2D eigenvalue weighted by Crippen LogP contribution is -1.97. The van der Waals surface area contributed by atoms with Gasteiger partial charge in [0.1, 0.15) is 0 Å². The van der Waals surface area contributed by atoms with E-state index in [4.69, 9.17) is 0 Å². The molecule has 0 radical (unpaired) electrons. The summed E-state index contributed by atoms with van der Waals surface area (Å²) >= 11 is 7.18. The Morgan fingerprint density at radius 1 is 0.500 bits per heavy atom. The van der Waals surface area contributed by atoms with Crippen LogP contribution in [0.25, 0.3) is 43.6 Å². The Bertz CT molecular complexity index is 1620. The molecule has 38 heavy (non-hydrogen) atoms. The minimum Gasteiger partial charge on any atom is -0.340 e. The van der Waals surface area contributed by atoms with Crippen molar-refractivity contribution in [3.8, 4) is 0 Å². The van der Waals surface area contributed by atoms with Gasteiger partial charge in [-0.3, -0.25) is 0 Å². The fraction of sp³-hybridized carbons (Fsp3) is 0.294. The predicted octanol–water partition coefficient (Wildman–Crippen LogP) is 11.3. The van der Waals surface area contributed by atoms with Crippen molar-refractivity contribution in [2.24, 2.45) is 0 Å². The van der Waals surface area contributed by atoms with E-state index < -0.39 is 0 Å². The number of halogens is 2. The maximum absolute atomic E-state index is 3.59. The highest BCUT2D eigenvalue weighted by Gasteiger charge is 2.12. The number of aryl methyl sites for hydroxylation is 4. The number of aromatic nitrogens is 2. The second-order valence-corrected chi connectivity index (χ2v) is 12.2. The standard InChI is InChI=1S/2C17H18BrN/c1-3-4-9-19-16-7-5-12(2)10-14(16)15-11-13(18)6-8-17(15)19;1-3-4-9-19-16-10-12(2)5-7-14(16)15-8-6-13(18)11-17(15)19/h2*5-8,10-11H,3-4,9H2,1-2H3. The SMILES string of the molecule is CCCCn1c2cc(C)ccc2c2ccc(Br)cc21.CCCCn1c2ccc(C)cc2c2cc(Br)ccc21. The molecule has 0 aliphatic rings. The maximum atomic E-state index is 3.59. The highest BCUT2D eigenvalue weighted by molar-refractivity contribution is 9.10. The molecule has 4 heteroatoms. The lowest BCUT2D eigenvalue weighted by molar-refractivity contribution is 0.665. The summed E-state index contributed by atoms with van der Waals surface area (Å²) in [6, 6.07) is 26.7. The smallest absolute Gasteiger partial charge is 0.0502 e. The minimum absolute atomic E-state index is 1.09. The van der Waals surface area contributed by atoms with E-state index in [2.05, 4.69) is 141 Å². The van der Waals surface area contributed by atoms with E-state index in [0.717, 1.165) is 22.0 Å². The lowest BCUT2D eigenvalue weighted by atomic mass is 10.1. The summed E-state index contributed by atoms with van der Waals surface area (Å²) < 4.78 is 7.22. The largest absolute Gasteiger partial charge is 0.340 e. The molecule has 0 spiro atoms. The molecule has 0 N–H and O–H groups in total. The number of fused-ring (bicyclic) bond motifs is 6. The second kappa shape index (κ2) is 11.7. The van der Waals surface area contributed by atoms with Gasteiger partial charge in [-0.05, 0) is 80.8 Å². The summed E-state index contributed by atoms with van der Waals surface area (Å²) in [6.45, 7) is 11.0. The average Bonchev–Trinajstić information content (AvgIpc) is 3.36. The summed E-state index contributed by atoms with van der Waals surface area (Å²) in [5.41, 5.74) is 8.04. The fourth-order valence-electron chi connectivity index (χ4n) is 5.48. The van der Waals surface area contributed by atoms with Gasteiger partial charge >= 0.3 is 0 Å². The molecule has 0 saturated heterocycles. The van der Waals surface area contributed by atoms with Gasteiger partial charge in [-0.1, -0.05) is 88.4 Å². The first-order chi connectivity index (χ1) is 18.4. The van der Waals surface area contributed by atoms with Gasteiger partial charge in [0.15, 0.2) is 0 Å². The maximum Gasteiger partial charge on any atom is 0.0502 e. The molecule has 0 fully saturated rings. The number of rotatable bonds is 6. The molecule has 0 aliphatic carbocycles. The monoisotopic (exact) mass is 630 g/mol. The molecule has 2 aromatic heterocycles. The molecule has 6 aromatic rings. The van der Waals surface area contributed by atoms with Crippen molar-refractivity contribution >= 4 is 75.5 Å². The zero-order valence-electron chi connectivity index (χ0n) is 22.8. The van der Waals surface area contributed by atoms with E-state index in [0.29, 0.717) is 0 Å². The molecule has 0 atom stereocenters. The Kier molecular flexibility index (Phi) is 8.30. The summed E-state index contributed by atoms with van der Waals surface area (Å²) in [5, 5.41) is 5.44. The molecule has 2 heterocycles. The minimum atomic E-state index is 1.09. The third-order valence-corrected chi connectivity index (χ3v) is 8.42. The van der Waals surface area contributed by atoms with Gasteiger partial charge in [0.05, 0.1) is 5.52 Å². The van der Waals surface area contributed by atoms with Crippen LogP contribution in [0.1, 0.15) is 50.7 Å². The molecule has 6 rings (SSSR count). The van der Waals surface area contributed by atoms with Crippen LogP contribution in [0.15, 0.2) is 81.7 Å². The van der Waals surface area contributed by atoms with Crippen LogP contribution in [-0.2, 0) is 13.1 Å². The highest BCUT2D eigenvalue weighted by Crippen LogP contribution is 2.33. The van der Waals surface area contributed by atoms with Gasteiger partial charge < -0.3 is 9.13 Å². The van der Waals surface area contributed by atoms with Crippen LogP contribution in [0.5, 0.6) is 0 Å². The van der Waals surface area contributed by atoms with Crippen LogP contribution in [0.3, 0.4) is 0 Å². The van der Waals surface area contributed by atoms with Crippen LogP contribution < -0.4 is 0 Å². The first-order valence-corrected chi connectivity index (χ1v) is 15.4. The van der Waals surface area contributed by atoms with E-state index >= 15 is 0 Å². The topological polar surface area (TPSA) is 9.86 Å². The molecular weight excluding hydrogens is 596 g/mol. The van der Waals surface area contributed by atoms with Gasteiger partial charge in [-0.15, -0.1) is 0 Å². The highest BCUT2D eigenvalue weighted by atomic mass is 79.9. The molecular formula is C34H36Br2N2. The molecule has 0 bridgehead atoms. The van der Waals surface area contributed by atoms with Crippen molar-refractivity contribution < 1.29 is 0 Å². The third-order valence-electron chi connectivity index (χ3n) is 7.44. The van der Waals surface area contributed by atoms with Crippen LogP contribution in [0.2, 0.25) is 0 Å².